The highest BCUT2D eigenvalue weighted by Gasteiger charge is 2.31. The van der Waals surface area contributed by atoms with Crippen LogP contribution in [0.4, 0.5) is 0 Å². The molecule has 0 aliphatic carbocycles. The number of ether oxygens (including phenoxy) is 1. The van der Waals surface area contributed by atoms with Crippen molar-refractivity contribution in [2.75, 3.05) is 60.0 Å². The maximum Gasteiger partial charge on any atom is 0.191 e. The molecule has 1 unspecified atom stereocenters. The third-order valence-electron chi connectivity index (χ3n) is 4.36. The predicted molar refractivity (Wildman–Crippen MR) is 82.3 cm³/mol. The van der Waals surface area contributed by atoms with Crippen molar-refractivity contribution in [3.05, 3.63) is 0 Å². The number of nitrogens with one attached hydrogen (secondary N) is 2. The van der Waals surface area contributed by atoms with Crippen LogP contribution in [0.5, 0.6) is 0 Å². The fraction of sp³-hybridized carbons (Fsp3) is 0.929. The second-order valence-electron chi connectivity index (χ2n) is 6.26. The molecule has 3 aliphatic heterocycles. The lowest BCUT2D eigenvalue weighted by Gasteiger charge is -2.47. The van der Waals surface area contributed by atoms with Gasteiger partial charge in [0.1, 0.15) is 0 Å². The highest BCUT2D eigenvalue weighted by Crippen LogP contribution is 2.14. The molecule has 0 saturated carbocycles. The van der Waals surface area contributed by atoms with E-state index >= 15 is 0 Å². The number of hydrogen-bond acceptors (Lipinski definition) is 4. The van der Waals surface area contributed by atoms with Crippen LogP contribution in [0, 0.1) is 0 Å². The highest BCUT2D eigenvalue weighted by molar-refractivity contribution is 5.79. The van der Waals surface area contributed by atoms with Gasteiger partial charge in [-0.2, -0.15) is 0 Å². The maximum atomic E-state index is 5.41. The predicted octanol–water partition coefficient (Wildman–Crippen LogP) is -0.424. The Hall–Kier alpha value is -0.850. The van der Waals surface area contributed by atoms with Crippen LogP contribution < -0.4 is 10.6 Å². The van der Waals surface area contributed by atoms with E-state index in [1.165, 1.54) is 32.7 Å². The van der Waals surface area contributed by atoms with Gasteiger partial charge >= 0.3 is 0 Å². The van der Waals surface area contributed by atoms with Crippen molar-refractivity contribution in [3.63, 3.8) is 0 Å². The van der Waals surface area contributed by atoms with Crippen LogP contribution in [0.2, 0.25) is 0 Å². The van der Waals surface area contributed by atoms with E-state index in [-0.39, 0.29) is 5.60 Å². The summed E-state index contributed by atoms with van der Waals surface area (Å²) in [6.07, 6.45) is 0. The first-order valence-corrected chi connectivity index (χ1v) is 7.50. The monoisotopic (exact) mass is 283 g/mol. The third-order valence-corrected chi connectivity index (χ3v) is 4.36. The Bertz CT molecular complexity index is 336. The lowest BCUT2D eigenvalue weighted by Crippen LogP contribution is -2.64. The Morgan fingerprint density at radius 2 is 1.95 bits per heavy atom. The van der Waals surface area contributed by atoms with Gasteiger partial charge in [-0.25, -0.2) is 0 Å². The van der Waals surface area contributed by atoms with E-state index in [9.17, 15) is 0 Å². The SMILES string of the molecule is CN=C(NCC1CN2CCN1CC2)NCC(C)(C)OC. The molecule has 3 heterocycles. The topological polar surface area (TPSA) is 52.1 Å². The zero-order valence-corrected chi connectivity index (χ0v) is 13.3. The first-order chi connectivity index (χ1) is 9.54. The van der Waals surface area contributed by atoms with Crippen molar-refractivity contribution in [2.45, 2.75) is 25.5 Å². The molecule has 3 fully saturated rings. The van der Waals surface area contributed by atoms with Crippen molar-refractivity contribution < 1.29 is 4.74 Å². The molecular weight excluding hydrogens is 254 g/mol. The minimum Gasteiger partial charge on any atom is -0.377 e. The second kappa shape index (κ2) is 6.74. The van der Waals surface area contributed by atoms with Gasteiger partial charge in [0, 0.05) is 66.0 Å². The molecule has 3 saturated heterocycles. The molecule has 0 spiro atoms. The molecule has 6 nitrogen and oxygen atoms in total. The Labute approximate surface area is 122 Å². The molecule has 0 aromatic rings. The molecule has 0 aromatic heterocycles. The van der Waals surface area contributed by atoms with Crippen molar-refractivity contribution >= 4 is 5.96 Å². The molecular formula is C14H29N5O. The lowest BCUT2D eigenvalue weighted by molar-refractivity contribution is 0.0151. The Morgan fingerprint density at radius 1 is 1.25 bits per heavy atom. The quantitative estimate of drug-likeness (QED) is 0.530. The first kappa shape index (κ1) is 15.5. The largest absolute Gasteiger partial charge is 0.377 e. The van der Waals surface area contributed by atoms with Gasteiger partial charge < -0.3 is 15.4 Å². The Morgan fingerprint density at radius 3 is 2.45 bits per heavy atom. The van der Waals surface area contributed by atoms with Crippen LogP contribution in [-0.4, -0.2) is 87.4 Å². The minimum absolute atomic E-state index is 0.184. The van der Waals surface area contributed by atoms with Gasteiger partial charge in [0.2, 0.25) is 0 Å². The van der Waals surface area contributed by atoms with Gasteiger partial charge in [-0.3, -0.25) is 14.8 Å². The molecule has 6 heteroatoms. The van der Waals surface area contributed by atoms with E-state index in [4.69, 9.17) is 4.74 Å². The number of nitrogens with zero attached hydrogens (tertiary/aromatic N) is 3. The number of rotatable bonds is 5. The van der Waals surface area contributed by atoms with E-state index in [2.05, 4.69) is 39.3 Å². The molecule has 0 amide bonds. The highest BCUT2D eigenvalue weighted by atomic mass is 16.5. The smallest absolute Gasteiger partial charge is 0.191 e. The van der Waals surface area contributed by atoms with Gasteiger partial charge in [-0.05, 0) is 13.8 Å². The number of aliphatic imine (C=N–C) groups is 1. The van der Waals surface area contributed by atoms with Crippen LogP contribution in [0.15, 0.2) is 4.99 Å². The summed E-state index contributed by atoms with van der Waals surface area (Å²) >= 11 is 0. The van der Waals surface area contributed by atoms with Gasteiger partial charge in [0.25, 0.3) is 0 Å². The Kier molecular flexibility index (Phi) is 5.23. The standard InChI is InChI=1S/C14H29N5O/c1-14(2,20-4)11-17-13(15-3)16-9-12-10-18-5-7-19(12)8-6-18/h12H,5-11H2,1-4H3,(H2,15,16,17). The van der Waals surface area contributed by atoms with Crippen molar-refractivity contribution in [1.29, 1.82) is 0 Å². The summed E-state index contributed by atoms with van der Waals surface area (Å²) in [6, 6.07) is 0.603. The molecule has 2 N–H and O–H groups in total. The molecule has 0 aromatic carbocycles. The molecule has 3 rings (SSSR count). The van der Waals surface area contributed by atoms with Gasteiger partial charge in [-0.1, -0.05) is 0 Å². The van der Waals surface area contributed by atoms with Gasteiger partial charge in [0.05, 0.1) is 5.60 Å². The molecule has 2 bridgehead atoms. The minimum atomic E-state index is -0.184. The van der Waals surface area contributed by atoms with Crippen LogP contribution in [-0.2, 0) is 4.74 Å². The third kappa shape index (κ3) is 4.07. The summed E-state index contributed by atoms with van der Waals surface area (Å²) in [7, 11) is 3.55. The van der Waals surface area contributed by atoms with Gasteiger partial charge in [-0.15, -0.1) is 0 Å². The summed E-state index contributed by atoms with van der Waals surface area (Å²) < 4.78 is 5.41. The summed E-state index contributed by atoms with van der Waals surface area (Å²) in [5.74, 6) is 0.854. The molecule has 20 heavy (non-hydrogen) atoms. The number of fused-ring (bicyclic) bond motifs is 3. The van der Waals surface area contributed by atoms with E-state index in [0.717, 1.165) is 19.0 Å². The number of methoxy groups -OCH3 is 1. The first-order valence-electron chi connectivity index (χ1n) is 7.50. The molecule has 3 aliphatic rings. The summed E-state index contributed by atoms with van der Waals surface area (Å²) in [4.78, 5) is 9.41. The van der Waals surface area contributed by atoms with E-state index in [0.29, 0.717) is 6.04 Å². The zero-order valence-electron chi connectivity index (χ0n) is 13.3. The van der Waals surface area contributed by atoms with Crippen LogP contribution in [0.25, 0.3) is 0 Å². The zero-order chi connectivity index (χ0) is 14.6. The van der Waals surface area contributed by atoms with Crippen LogP contribution in [0.1, 0.15) is 13.8 Å². The van der Waals surface area contributed by atoms with Crippen molar-refractivity contribution in [3.8, 4) is 0 Å². The van der Waals surface area contributed by atoms with Gasteiger partial charge in [0.15, 0.2) is 5.96 Å². The fourth-order valence-electron chi connectivity index (χ4n) is 2.72. The average molecular weight is 283 g/mol. The van der Waals surface area contributed by atoms with E-state index in [1.54, 1.807) is 7.11 Å². The van der Waals surface area contributed by atoms with Crippen LogP contribution >= 0.6 is 0 Å². The van der Waals surface area contributed by atoms with Crippen molar-refractivity contribution in [1.82, 2.24) is 20.4 Å². The summed E-state index contributed by atoms with van der Waals surface area (Å²) in [6.45, 7) is 11.8. The number of guanidine groups is 1. The number of piperazine rings is 3. The van der Waals surface area contributed by atoms with E-state index < -0.39 is 0 Å². The normalized spacial score (nSPS) is 30.4. The maximum absolute atomic E-state index is 5.41. The van der Waals surface area contributed by atoms with Crippen LogP contribution in [0.3, 0.4) is 0 Å². The summed E-state index contributed by atoms with van der Waals surface area (Å²) in [5.41, 5.74) is -0.184. The summed E-state index contributed by atoms with van der Waals surface area (Å²) in [5, 5.41) is 6.76. The average Bonchev–Trinajstić information content (AvgIpc) is 2.48. The molecule has 1 atom stereocenters. The van der Waals surface area contributed by atoms with Crippen molar-refractivity contribution in [2.24, 2.45) is 4.99 Å². The fourth-order valence-corrected chi connectivity index (χ4v) is 2.72. The second-order valence-corrected chi connectivity index (χ2v) is 6.26. The lowest BCUT2D eigenvalue weighted by atomic mass is 10.1. The van der Waals surface area contributed by atoms with E-state index in [1.807, 2.05) is 7.05 Å². The molecule has 0 radical (unpaired) electrons. The molecule has 116 valence electrons. The number of hydrogen-bond donors (Lipinski definition) is 2. The Balaban J connectivity index is 1.74.